The number of nitrogens with one attached hydrogen (secondary N) is 2. The molecule has 16 aromatic rings. The first-order valence-electron chi connectivity index (χ1n) is 50.5. The number of nitrogen functional groups attached to an aromatic ring is 4. The lowest BCUT2D eigenvalue weighted by molar-refractivity contribution is -0.186. The highest BCUT2D eigenvalue weighted by molar-refractivity contribution is 9.11. The largest absolute Gasteiger partial charge is 0.471 e. The van der Waals surface area contributed by atoms with Gasteiger partial charge < -0.3 is 68.1 Å². The molecule has 0 unspecified atom stereocenters. The average Bonchev–Trinajstić information content (AvgIpc) is 1.58. The molecule has 4 amide bonds. The van der Waals surface area contributed by atoms with E-state index in [9.17, 15) is 47.4 Å². The Morgan fingerprint density at radius 3 is 0.913 bits per heavy atom. The molecule has 0 spiro atoms. The first kappa shape index (κ1) is 103. The molecule has 12 N–H and O–H groups in total. The van der Waals surface area contributed by atoms with Gasteiger partial charge in [0.15, 0.2) is 28.4 Å². The van der Waals surface area contributed by atoms with Gasteiger partial charge in [0.05, 0.1) is 89.3 Å². The number of pyridine rings is 4. The highest BCUT2D eigenvalue weighted by Crippen LogP contribution is 2.45. The molecule has 0 atom stereocenters. The zero-order chi connectivity index (χ0) is 104. The van der Waals surface area contributed by atoms with E-state index >= 15 is 0 Å². The molecular formula is C110H112Br3F3N26O8. The SMILES string of the molecule is CC(=O)c1c(C2CCN(C(=O)C3(O)CCNCC3)CC2)nc2c(-c3ccc(-c4ccccc4)nc3)cnn2c1N.Nc1c(Br)c(C2CCN(C(=O)C(F)(F)F)CC2)nc2c(-c3ccc(-c4ccccc4)nc3)cnn12.Nc1c(Br)c(C2CCN(C(=O)C3(O)CCNCC3)CC2)nc2c(-c3ccc(-c4ccccc4)nc3)cnn12.Nc1c(Br)c(C2CCN(C(=O)C3CCOCC3)CC2)nc2c(-c3ccc(-c4ccccc4)nc3)cnn12. The van der Waals surface area contributed by atoms with Crippen molar-refractivity contribution in [3.8, 4) is 89.5 Å². The van der Waals surface area contributed by atoms with Gasteiger partial charge in [-0.25, -0.2) is 19.9 Å². The lowest BCUT2D eigenvalue weighted by Crippen LogP contribution is -2.55. The lowest BCUT2D eigenvalue weighted by atomic mass is 9.86. The van der Waals surface area contributed by atoms with Crippen LogP contribution in [0.3, 0.4) is 0 Å². The molecule has 150 heavy (non-hydrogen) atoms. The third kappa shape index (κ3) is 21.4. The van der Waals surface area contributed by atoms with Crippen molar-refractivity contribution >= 4 is 123 Å². The fourth-order valence-corrected chi connectivity index (χ4v) is 22.9. The number of carbonyl (C=O) groups excluding carboxylic acids is 5. The van der Waals surface area contributed by atoms with E-state index in [1.54, 1.807) is 51.1 Å². The average molecular weight is 2220 g/mol. The maximum absolute atomic E-state index is 13.1. The number of benzene rings is 4. The number of likely N-dealkylation sites (tertiary alicyclic amines) is 4. The quantitative estimate of drug-likeness (QED) is 0.0416. The molecular weight excluding hydrogens is 2110 g/mol. The molecule has 19 heterocycles. The van der Waals surface area contributed by atoms with Crippen molar-refractivity contribution < 1.29 is 52.1 Å². The standard InChI is InChI=1S/C30H33N7O3.C28H30BrN7O2.C28H29BrN6O2.C24H20BrF3N6O/c1-19(38)25-26(21-9-15-36(16-10-21)29(39)30(40)11-13-32-14-12-30)35-28-23(18-34-37(28)27(25)31)22-7-8-24(33-17-22)20-5-3-2-4-6-20;29-23-24(19-8-14-35(15-9-19)27(37)28(38)10-12-31-13-11-28)34-26-21(17-33-36(26)25(23)30)20-6-7-22(32-16-20)18-4-2-1-3-5-18;29-24-25(19-8-12-34(13-9-19)28(36)20-10-14-37-15-11-20)33-27-22(17-32-35(27)26(24)30)21-6-7-23(31-16-21)18-4-2-1-3-5-18;25-19-20(15-8-10-33(11-9-15)23(35)24(26,27)28)32-22-17(13-31-34(22)21(19)29)16-6-7-18(30-12-16)14-4-2-1-3-5-14/h2-8,17-18,21,32,40H,9-16,31H2,1H3;1-7,16-17,19,31,38H,8-15,30H2;1-7,16-17,19-20H,8-15,30H2;1-7,12-13,15H,8-11,29H2. The zero-order valence-electron chi connectivity index (χ0n) is 82.3. The number of piperidine rings is 6. The maximum atomic E-state index is 13.1. The Balaban J connectivity index is 0.000000121. The van der Waals surface area contributed by atoms with Crippen LogP contribution in [0.15, 0.2) is 233 Å². The second-order valence-corrected chi connectivity index (χ2v) is 41.4. The number of nitrogens with zero attached hydrogens (tertiary/aromatic N) is 20. The summed E-state index contributed by atoms with van der Waals surface area (Å²) in [5.41, 5.74) is 43.7. The third-order valence-electron chi connectivity index (χ3n) is 29.8. The number of fused-ring (bicyclic) bond motifs is 4. The van der Waals surface area contributed by atoms with Gasteiger partial charge in [-0.05, 0) is 195 Å². The minimum atomic E-state index is -4.87. The topological polar surface area (TPSA) is 448 Å². The number of hydrogen-bond donors (Lipinski definition) is 8. The summed E-state index contributed by atoms with van der Waals surface area (Å²) < 4.78 is 52.3. The Morgan fingerprint density at radius 2 is 0.633 bits per heavy atom. The van der Waals surface area contributed by atoms with Gasteiger partial charge in [-0.2, -0.15) is 51.6 Å². The summed E-state index contributed by atoms with van der Waals surface area (Å²) in [5.74, 6) is -0.205. The second kappa shape index (κ2) is 44.5. The van der Waals surface area contributed by atoms with Crippen LogP contribution in [-0.4, -0.2) is 247 Å². The van der Waals surface area contributed by atoms with Gasteiger partial charge in [0.25, 0.3) is 11.8 Å². The number of carbonyl (C=O) groups is 5. The van der Waals surface area contributed by atoms with E-state index in [-0.39, 0.29) is 72.0 Å². The Bertz CT molecular complexity index is 7600. The third-order valence-corrected chi connectivity index (χ3v) is 32.2. The number of anilines is 4. The normalized spacial score (nSPS) is 17.1. The number of aromatic nitrogens is 16. The van der Waals surface area contributed by atoms with E-state index in [4.69, 9.17) is 47.6 Å². The number of ether oxygens (including phenoxy) is 1. The van der Waals surface area contributed by atoms with Crippen LogP contribution in [-0.2, 0) is 23.9 Å². The summed E-state index contributed by atoms with van der Waals surface area (Å²) in [6.07, 6.45) is 17.9. The number of Topliss-reactive ketones (excluding diaryl/α,β-unsaturated/α-hetero) is 1. The van der Waals surface area contributed by atoms with Crippen molar-refractivity contribution in [2.75, 3.05) is 115 Å². The van der Waals surface area contributed by atoms with Crippen LogP contribution in [0.5, 0.6) is 0 Å². The summed E-state index contributed by atoms with van der Waals surface area (Å²) in [5, 5.41) is 46.1. The molecule has 0 radical (unpaired) electrons. The van der Waals surface area contributed by atoms with Gasteiger partial charge in [0.1, 0.15) is 34.5 Å². The summed E-state index contributed by atoms with van der Waals surface area (Å²) in [7, 11) is 0. The molecule has 4 aromatic carbocycles. The molecule has 40 heteroatoms. The van der Waals surface area contributed by atoms with E-state index in [0.717, 1.165) is 166 Å². The Hall–Kier alpha value is -14.3. The Morgan fingerprint density at radius 1 is 0.360 bits per heavy atom. The van der Waals surface area contributed by atoms with Crippen LogP contribution in [0.4, 0.5) is 36.4 Å². The Labute approximate surface area is 886 Å². The molecule has 7 fully saturated rings. The molecule has 7 aliphatic heterocycles. The molecule has 0 aliphatic carbocycles. The van der Waals surface area contributed by atoms with Crippen molar-refractivity contribution in [2.45, 2.75) is 138 Å². The van der Waals surface area contributed by atoms with Gasteiger partial charge in [-0.15, -0.1) is 0 Å². The van der Waals surface area contributed by atoms with Crippen LogP contribution >= 0.6 is 47.8 Å². The van der Waals surface area contributed by atoms with E-state index in [2.05, 4.69) is 98.8 Å². The summed E-state index contributed by atoms with van der Waals surface area (Å²) in [4.78, 5) is 108. The molecule has 23 rings (SSSR count). The van der Waals surface area contributed by atoms with Gasteiger partial charge in [-0.3, -0.25) is 43.9 Å². The van der Waals surface area contributed by atoms with Crippen LogP contribution in [0, 0.1) is 5.92 Å². The minimum Gasteiger partial charge on any atom is -0.383 e. The van der Waals surface area contributed by atoms with Crippen LogP contribution < -0.4 is 33.6 Å². The highest BCUT2D eigenvalue weighted by Gasteiger charge is 2.47. The number of ketones is 1. The number of rotatable bonds is 16. The van der Waals surface area contributed by atoms with Crippen molar-refractivity contribution in [1.29, 1.82) is 0 Å². The number of amides is 4. The summed E-state index contributed by atoms with van der Waals surface area (Å²) in [6, 6.07) is 55.8. The fraction of sp³-hybridized carbons (Fsp3) is 0.336. The van der Waals surface area contributed by atoms with Crippen molar-refractivity contribution in [3.63, 3.8) is 0 Å². The molecule has 12 aromatic heterocycles. The fourth-order valence-electron chi connectivity index (χ4n) is 21.2. The number of halogens is 6. The molecule has 772 valence electrons. The number of alkyl halides is 3. The molecule has 34 nitrogen and oxygen atoms in total. The molecule has 0 bridgehead atoms. The van der Waals surface area contributed by atoms with Crippen molar-refractivity contribution in [2.24, 2.45) is 5.92 Å². The Kier molecular flexibility index (Phi) is 30.5. The minimum absolute atomic E-state index is 0.000792. The smallest absolute Gasteiger partial charge is 0.383 e. The molecule has 7 saturated heterocycles. The second-order valence-electron chi connectivity index (χ2n) is 39.0. The predicted octanol–water partition coefficient (Wildman–Crippen LogP) is 16.7. The van der Waals surface area contributed by atoms with E-state index in [0.29, 0.717) is 178 Å². The highest BCUT2D eigenvalue weighted by atomic mass is 79.9. The lowest BCUT2D eigenvalue weighted by Gasteiger charge is -2.39. The van der Waals surface area contributed by atoms with Gasteiger partial charge in [0, 0.05) is 187 Å². The molecule has 7 aliphatic rings. The van der Waals surface area contributed by atoms with E-state index in [1.807, 2.05) is 192 Å². The first-order valence-corrected chi connectivity index (χ1v) is 52.9. The monoisotopic (exact) mass is 2220 g/mol. The number of hydrogen-bond acceptors (Lipinski definition) is 26. The number of nitrogens with two attached hydrogens (primary N) is 4. The van der Waals surface area contributed by atoms with Crippen LogP contribution in [0.2, 0.25) is 0 Å². The van der Waals surface area contributed by atoms with Gasteiger partial charge in [-0.1, -0.05) is 146 Å². The van der Waals surface area contributed by atoms with Crippen molar-refractivity contribution in [3.05, 3.63) is 261 Å². The molecule has 0 saturated carbocycles. The van der Waals surface area contributed by atoms with Gasteiger partial charge >= 0.3 is 12.1 Å². The van der Waals surface area contributed by atoms with E-state index < -0.39 is 23.3 Å². The van der Waals surface area contributed by atoms with Gasteiger partial charge in [0.2, 0.25) is 5.91 Å². The van der Waals surface area contributed by atoms with Crippen molar-refractivity contribution in [1.82, 2.24) is 109 Å². The summed E-state index contributed by atoms with van der Waals surface area (Å²) in [6.45, 7) is 9.02. The van der Waals surface area contributed by atoms with E-state index in [1.165, 1.54) is 16.0 Å². The first-order chi connectivity index (χ1) is 72.6. The van der Waals surface area contributed by atoms with Crippen LogP contribution in [0.1, 0.15) is 154 Å². The zero-order valence-corrected chi connectivity index (χ0v) is 87.1. The number of aliphatic hydroxyl groups is 2. The maximum Gasteiger partial charge on any atom is 0.471 e. The van der Waals surface area contributed by atoms with Crippen LogP contribution in [0.25, 0.3) is 112 Å². The summed E-state index contributed by atoms with van der Waals surface area (Å²) >= 11 is 10.8. The predicted molar refractivity (Wildman–Crippen MR) is 575 cm³/mol.